The molecule has 7 nitrogen and oxygen atoms in total. The molecular weight excluding hydrogens is 626 g/mol. The van der Waals surface area contributed by atoms with Crippen LogP contribution >= 0.6 is 23.2 Å². The van der Waals surface area contributed by atoms with Gasteiger partial charge in [0.05, 0.1) is 21.2 Å². The number of rotatable bonds is 12. The van der Waals surface area contributed by atoms with Crippen LogP contribution in [-0.2, 0) is 32.3 Å². The molecule has 3 aromatic rings. The molecule has 0 saturated carbocycles. The molecule has 0 aromatic heterocycles. The fraction of sp³-hybridized carbons (Fsp3) is 0.333. The summed E-state index contributed by atoms with van der Waals surface area (Å²) in [5.41, 5.74) is -1.08. The van der Waals surface area contributed by atoms with Crippen LogP contribution in [0.1, 0.15) is 44.7 Å². The van der Waals surface area contributed by atoms with E-state index in [0.29, 0.717) is 27.4 Å². The molecule has 0 saturated heterocycles. The summed E-state index contributed by atoms with van der Waals surface area (Å²) in [6, 6.07) is 14.5. The van der Waals surface area contributed by atoms with Gasteiger partial charge in [0.1, 0.15) is 12.6 Å². The minimum Gasteiger partial charge on any atom is -0.352 e. The number of nitrogens with one attached hydrogen (secondary N) is 1. The van der Waals surface area contributed by atoms with Crippen molar-refractivity contribution < 1.29 is 31.2 Å². The molecule has 0 bridgehead atoms. The highest BCUT2D eigenvalue weighted by molar-refractivity contribution is 7.92. The maximum Gasteiger partial charge on any atom is 0.416 e. The van der Waals surface area contributed by atoms with Gasteiger partial charge in [-0.05, 0) is 67.8 Å². The molecule has 0 radical (unpaired) electrons. The van der Waals surface area contributed by atoms with Gasteiger partial charge in [-0.15, -0.1) is 0 Å². The second kappa shape index (κ2) is 14.5. The van der Waals surface area contributed by atoms with E-state index < -0.39 is 51.9 Å². The summed E-state index contributed by atoms with van der Waals surface area (Å²) < 4.78 is 69.3. The zero-order valence-corrected chi connectivity index (χ0v) is 26.1. The van der Waals surface area contributed by atoms with E-state index in [2.05, 4.69) is 5.32 Å². The molecule has 3 rings (SSSR count). The SMILES string of the molecule is CC[C@@H](C)NC(=O)[C@H](CC)N(Cc1ccc(Cl)cc1)C(=O)CN(c1cc(C(F)(F)F)ccc1Cl)S(=O)(=O)c1ccccc1. The van der Waals surface area contributed by atoms with E-state index in [1.165, 1.54) is 29.2 Å². The Hall–Kier alpha value is -3.28. The number of hydrogen-bond donors (Lipinski definition) is 1. The second-order valence-electron chi connectivity index (χ2n) is 9.88. The van der Waals surface area contributed by atoms with Crippen molar-refractivity contribution in [1.82, 2.24) is 10.2 Å². The van der Waals surface area contributed by atoms with Crippen LogP contribution in [0.3, 0.4) is 0 Å². The number of nitrogens with zero attached hydrogens (tertiary/aromatic N) is 2. The molecule has 0 heterocycles. The molecule has 0 fully saturated rings. The Kier molecular flexibility index (Phi) is 11.5. The van der Waals surface area contributed by atoms with Crippen molar-refractivity contribution in [2.75, 3.05) is 10.8 Å². The minimum atomic E-state index is -4.81. The van der Waals surface area contributed by atoms with Crippen LogP contribution in [0.15, 0.2) is 77.7 Å². The maximum atomic E-state index is 14.1. The first-order valence-electron chi connectivity index (χ1n) is 13.5. The van der Waals surface area contributed by atoms with Crippen molar-refractivity contribution in [2.45, 2.75) is 63.3 Å². The standard InChI is InChI=1S/C30H32Cl2F3N3O4S/c1-4-20(3)36-29(40)26(5-2)37(18-21-11-14-23(31)15-12-21)28(39)19-38(43(41,42)24-9-7-6-8-10-24)27-17-22(30(33,34)35)13-16-25(27)32/h6-17,20,26H,4-5,18-19H2,1-3H3,(H,36,40)/t20-,26+/m1/s1. The summed E-state index contributed by atoms with van der Waals surface area (Å²) in [4.78, 5) is 28.3. The monoisotopic (exact) mass is 657 g/mol. The third kappa shape index (κ3) is 8.64. The predicted octanol–water partition coefficient (Wildman–Crippen LogP) is 6.93. The molecule has 0 spiro atoms. The Morgan fingerprint density at radius 1 is 0.930 bits per heavy atom. The Balaban J connectivity index is 2.15. The van der Waals surface area contributed by atoms with Gasteiger partial charge in [-0.25, -0.2) is 8.42 Å². The first kappa shape index (κ1) is 34.2. The van der Waals surface area contributed by atoms with Crippen molar-refractivity contribution in [2.24, 2.45) is 0 Å². The van der Waals surface area contributed by atoms with E-state index in [9.17, 15) is 31.2 Å². The molecule has 1 N–H and O–H groups in total. The van der Waals surface area contributed by atoms with Gasteiger partial charge in [-0.3, -0.25) is 13.9 Å². The summed E-state index contributed by atoms with van der Waals surface area (Å²) >= 11 is 12.3. The minimum absolute atomic E-state index is 0.0992. The summed E-state index contributed by atoms with van der Waals surface area (Å²) in [5.74, 6) is -1.28. The van der Waals surface area contributed by atoms with Crippen LogP contribution in [-0.4, -0.2) is 43.8 Å². The van der Waals surface area contributed by atoms with Crippen LogP contribution in [0.25, 0.3) is 0 Å². The molecule has 43 heavy (non-hydrogen) atoms. The van der Waals surface area contributed by atoms with E-state index >= 15 is 0 Å². The molecule has 2 amide bonds. The molecule has 0 aliphatic carbocycles. The molecule has 0 aliphatic rings. The molecule has 3 aromatic carbocycles. The Bertz CT molecular complexity index is 1520. The number of benzene rings is 3. The largest absolute Gasteiger partial charge is 0.416 e. The lowest BCUT2D eigenvalue weighted by Gasteiger charge is -2.34. The van der Waals surface area contributed by atoms with Crippen LogP contribution in [0.2, 0.25) is 10.0 Å². The molecule has 0 aliphatic heterocycles. The molecule has 232 valence electrons. The topological polar surface area (TPSA) is 86.8 Å². The number of anilines is 1. The average molecular weight is 659 g/mol. The highest BCUT2D eigenvalue weighted by atomic mass is 35.5. The quantitative estimate of drug-likeness (QED) is 0.229. The van der Waals surface area contributed by atoms with Gasteiger partial charge >= 0.3 is 6.18 Å². The lowest BCUT2D eigenvalue weighted by Crippen LogP contribution is -2.53. The van der Waals surface area contributed by atoms with E-state index in [1.807, 2.05) is 6.92 Å². The van der Waals surface area contributed by atoms with E-state index in [0.717, 1.165) is 12.1 Å². The second-order valence-corrected chi connectivity index (χ2v) is 12.6. The predicted molar refractivity (Wildman–Crippen MR) is 161 cm³/mol. The lowest BCUT2D eigenvalue weighted by atomic mass is 10.1. The summed E-state index contributed by atoms with van der Waals surface area (Å²) in [6.45, 7) is 4.36. The fourth-order valence-electron chi connectivity index (χ4n) is 4.26. The summed E-state index contributed by atoms with van der Waals surface area (Å²) in [6.07, 6.45) is -4.00. The van der Waals surface area contributed by atoms with Crippen molar-refractivity contribution in [3.8, 4) is 0 Å². The zero-order valence-electron chi connectivity index (χ0n) is 23.7. The van der Waals surface area contributed by atoms with Crippen molar-refractivity contribution in [3.63, 3.8) is 0 Å². The van der Waals surface area contributed by atoms with Gasteiger partial charge in [-0.1, -0.05) is 67.4 Å². The average Bonchev–Trinajstić information content (AvgIpc) is 2.96. The maximum absolute atomic E-state index is 14.1. The van der Waals surface area contributed by atoms with Gasteiger partial charge < -0.3 is 10.2 Å². The Morgan fingerprint density at radius 3 is 2.12 bits per heavy atom. The number of alkyl halides is 3. The highest BCUT2D eigenvalue weighted by Crippen LogP contribution is 2.37. The van der Waals surface area contributed by atoms with Gasteiger partial charge in [0.15, 0.2) is 0 Å². The van der Waals surface area contributed by atoms with Crippen LogP contribution in [0, 0.1) is 0 Å². The van der Waals surface area contributed by atoms with Gasteiger partial charge in [0, 0.05) is 17.6 Å². The third-order valence-electron chi connectivity index (χ3n) is 6.81. The summed E-state index contributed by atoms with van der Waals surface area (Å²) in [7, 11) is -4.61. The number of carbonyl (C=O) groups excluding carboxylic acids is 2. The van der Waals surface area contributed by atoms with Crippen molar-refractivity contribution >= 4 is 50.7 Å². The normalized spacial score (nSPS) is 13.2. The number of carbonyl (C=O) groups is 2. The van der Waals surface area contributed by atoms with Crippen LogP contribution in [0.4, 0.5) is 18.9 Å². The molecular formula is C30H32Cl2F3N3O4S. The van der Waals surface area contributed by atoms with Gasteiger partial charge in [0.2, 0.25) is 11.8 Å². The lowest BCUT2D eigenvalue weighted by molar-refractivity contribution is -0.140. The highest BCUT2D eigenvalue weighted by Gasteiger charge is 2.37. The fourth-order valence-corrected chi connectivity index (χ4v) is 6.10. The first-order valence-corrected chi connectivity index (χ1v) is 15.7. The summed E-state index contributed by atoms with van der Waals surface area (Å²) in [5, 5.41) is 2.99. The first-order chi connectivity index (χ1) is 20.2. The van der Waals surface area contributed by atoms with Crippen molar-refractivity contribution in [3.05, 3.63) is 94.0 Å². The van der Waals surface area contributed by atoms with Crippen LogP contribution < -0.4 is 9.62 Å². The van der Waals surface area contributed by atoms with Gasteiger partial charge in [-0.2, -0.15) is 13.2 Å². The van der Waals surface area contributed by atoms with E-state index in [-0.39, 0.29) is 28.9 Å². The van der Waals surface area contributed by atoms with Crippen molar-refractivity contribution in [1.29, 1.82) is 0 Å². The number of sulfonamides is 1. The third-order valence-corrected chi connectivity index (χ3v) is 9.15. The molecule has 13 heteroatoms. The van der Waals surface area contributed by atoms with Gasteiger partial charge in [0.25, 0.3) is 10.0 Å². The smallest absolute Gasteiger partial charge is 0.352 e. The number of hydrogen-bond acceptors (Lipinski definition) is 4. The van der Waals surface area contributed by atoms with Crippen LogP contribution in [0.5, 0.6) is 0 Å². The Labute approximate surface area is 259 Å². The zero-order chi connectivity index (χ0) is 31.9. The Morgan fingerprint density at radius 2 is 1.56 bits per heavy atom. The number of halogens is 5. The van der Waals surface area contributed by atoms with E-state index in [4.69, 9.17) is 23.2 Å². The molecule has 0 unspecified atom stereocenters. The van der Waals surface area contributed by atoms with E-state index in [1.54, 1.807) is 44.2 Å². The number of amides is 2. The molecule has 2 atom stereocenters.